The summed E-state index contributed by atoms with van der Waals surface area (Å²) in [5.41, 5.74) is 0. The maximum absolute atomic E-state index is 12.7. The zero-order valence-electron chi connectivity index (χ0n) is 39.0. The number of aliphatic carboxylic acids is 1. The number of rotatable bonds is 45. The molecule has 0 rings (SSSR count). The first-order valence-electron chi connectivity index (χ1n) is 24.7. The molecule has 0 saturated carbocycles. The largest absolute Gasteiger partial charge is 0.544 e. The second-order valence-electron chi connectivity index (χ2n) is 18.1. The van der Waals surface area contributed by atoms with Crippen molar-refractivity contribution < 1.29 is 38.2 Å². The lowest BCUT2D eigenvalue weighted by molar-refractivity contribution is -0.889. The molecule has 0 spiro atoms. The third-order valence-corrected chi connectivity index (χ3v) is 11.4. The standard InChI is InChI=1S/C50H95NO7/c1-6-8-10-12-14-16-18-20-21-22-23-24-25-26-27-28-29-31-32-34-36-38-40-48(52)57-45-46(44-56-43-42-47(50(54)55)51(3,4)5)58-49(53)41-39-37-35-33-30-19-17-15-13-11-9-7-2/h15,17,46-47H,6-14,16,18-45H2,1-5H3/b17-15+. The van der Waals surface area contributed by atoms with Crippen LogP contribution < -0.4 is 5.11 Å². The smallest absolute Gasteiger partial charge is 0.306 e. The van der Waals surface area contributed by atoms with E-state index in [1.807, 2.05) is 0 Å². The Bertz CT molecular complexity index is 962. The van der Waals surface area contributed by atoms with Gasteiger partial charge in [0.1, 0.15) is 12.6 Å². The highest BCUT2D eigenvalue weighted by Gasteiger charge is 2.25. The summed E-state index contributed by atoms with van der Waals surface area (Å²) in [5.74, 6) is -1.73. The molecule has 0 saturated heterocycles. The van der Waals surface area contributed by atoms with Crippen LogP contribution >= 0.6 is 0 Å². The first-order chi connectivity index (χ1) is 28.1. The number of hydrogen-bond acceptors (Lipinski definition) is 7. The number of allylic oxidation sites excluding steroid dienone is 2. The molecule has 0 heterocycles. The summed E-state index contributed by atoms with van der Waals surface area (Å²) in [4.78, 5) is 36.9. The van der Waals surface area contributed by atoms with Gasteiger partial charge in [0.05, 0.1) is 40.3 Å². The molecule has 2 unspecified atom stereocenters. The van der Waals surface area contributed by atoms with Crippen LogP contribution in [0.1, 0.15) is 239 Å². The highest BCUT2D eigenvalue weighted by molar-refractivity contribution is 5.70. The van der Waals surface area contributed by atoms with E-state index in [9.17, 15) is 19.5 Å². The molecule has 58 heavy (non-hydrogen) atoms. The molecule has 2 atom stereocenters. The number of carbonyl (C=O) groups excluding carboxylic acids is 3. The van der Waals surface area contributed by atoms with E-state index in [0.717, 1.165) is 51.4 Å². The minimum atomic E-state index is -1.12. The molecule has 0 aliphatic heterocycles. The van der Waals surface area contributed by atoms with Crippen LogP contribution in [0.2, 0.25) is 0 Å². The lowest BCUT2D eigenvalue weighted by Gasteiger charge is -2.34. The number of carbonyl (C=O) groups is 3. The van der Waals surface area contributed by atoms with E-state index in [-0.39, 0.29) is 42.7 Å². The Morgan fingerprint density at radius 1 is 0.500 bits per heavy atom. The van der Waals surface area contributed by atoms with Crippen LogP contribution in [-0.2, 0) is 28.6 Å². The normalized spacial score (nSPS) is 12.9. The predicted octanol–water partition coefficient (Wildman–Crippen LogP) is 12.5. The number of nitrogens with zero attached hydrogens (tertiary/aromatic N) is 1. The molecule has 342 valence electrons. The first kappa shape index (κ1) is 56.1. The van der Waals surface area contributed by atoms with E-state index >= 15 is 0 Å². The number of hydrogen-bond donors (Lipinski definition) is 0. The summed E-state index contributed by atoms with van der Waals surface area (Å²) in [5, 5.41) is 11.6. The molecule has 8 nitrogen and oxygen atoms in total. The zero-order chi connectivity index (χ0) is 42.8. The van der Waals surface area contributed by atoms with Gasteiger partial charge in [-0.25, -0.2) is 0 Å². The number of esters is 2. The summed E-state index contributed by atoms with van der Waals surface area (Å²) < 4.78 is 17.2. The number of carboxylic acids is 1. The van der Waals surface area contributed by atoms with Crippen molar-refractivity contribution >= 4 is 17.9 Å². The maximum atomic E-state index is 12.7. The predicted molar refractivity (Wildman–Crippen MR) is 241 cm³/mol. The molecule has 0 aromatic heterocycles. The van der Waals surface area contributed by atoms with Gasteiger partial charge in [-0.2, -0.15) is 0 Å². The summed E-state index contributed by atoms with van der Waals surface area (Å²) >= 11 is 0. The molecule has 0 aromatic rings. The second kappa shape index (κ2) is 41.8. The Morgan fingerprint density at radius 2 is 0.862 bits per heavy atom. The van der Waals surface area contributed by atoms with Crippen molar-refractivity contribution in [3.8, 4) is 0 Å². The Hall–Kier alpha value is -1.93. The minimum Gasteiger partial charge on any atom is -0.544 e. The number of unbranched alkanes of at least 4 members (excludes halogenated alkanes) is 29. The van der Waals surface area contributed by atoms with Gasteiger partial charge in [0.2, 0.25) is 0 Å². The Labute approximate surface area is 359 Å². The van der Waals surface area contributed by atoms with Crippen LogP contribution in [0.4, 0.5) is 0 Å². The van der Waals surface area contributed by atoms with E-state index in [0.29, 0.717) is 12.8 Å². The summed E-state index contributed by atoms with van der Waals surface area (Å²) in [6.45, 7) is 4.67. The highest BCUT2D eigenvalue weighted by atomic mass is 16.6. The van der Waals surface area contributed by atoms with Crippen molar-refractivity contribution in [2.45, 2.75) is 251 Å². The van der Waals surface area contributed by atoms with Gasteiger partial charge in [0.25, 0.3) is 0 Å². The lowest BCUT2D eigenvalue weighted by atomic mass is 10.0. The Balaban J connectivity index is 4.15. The van der Waals surface area contributed by atoms with Crippen LogP contribution in [0.3, 0.4) is 0 Å². The van der Waals surface area contributed by atoms with Crippen LogP contribution in [0.5, 0.6) is 0 Å². The lowest BCUT2D eigenvalue weighted by Crippen LogP contribution is -2.55. The molecule has 0 amide bonds. The third kappa shape index (κ3) is 39.5. The molecular formula is C50H95NO7. The quantitative estimate of drug-likeness (QED) is 0.0261. The van der Waals surface area contributed by atoms with Gasteiger partial charge in [0.15, 0.2) is 6.10 Å². The second-order valence-corrected chi connectivity index (χ2v) is 18.1. The van der Waals surface area contributed by atoms with E-state index in [2.05, 4.69) is 26.0 Å². The minimum absolute atomic E-state index is 0.0429. The zero-order valence-corrected chi connectivity index (χ0v) is 39.0. The van der Waals surface area contributed by atoms with E-state index in [4.69, 9.17) is 14.2 Å². The van der Waals surface area contributed by atoms with Gasteiger partial charge in [0, 0.05) is 19.3 Å². The highest BCUT2D eigenvalue weighted by Crippen LogP contribution is 2.16. The molecule has 0 aliphatic rings. The topological polar surface area (TPSA) is 102 Å². The third-order valence-electron chi connectivity index (χ3n) is 11.4. The summed E-state index contributed by atoms with van der Waals surface area (Å²) in [6, 6.07) is -0.723. The number of quaternary nitrogens is 1. The fourth-order valence-corrected chi connectivity index (χ4v) is 7.54. The van der Waals surface area contributed by atoms with Gasteiger partial charge < -0.3 is 28.6 Å². The number of ether oxygens (including phenoxy) is 3. The molecule has 0 fully saturated rings. The van der Waals surface area contributed by atoms with E-state index in [1.54, 1.807) is 21.1 Å². The van der Waals surface area contributed by atoms with Crippen molar-refractivity contribution in [2.75, 3.05) is 41.0 Å². The van der Waals surface area contributed by atoms with Crippen molar-refractivity contribution in [3.63, 3.8) is 0 Å². The average Bonchev–Trinajstić information content (AvgIpc) is 3.18. The SMILES string of the molecule is CCCCC/C=C/CCCCCCCC(=O)OC(COCCC(C(=O)[O-])[N+](C)(C)C)COC(=O)CCCCCCCCCCCCCCCCCCCCCCCC. The van der Waals surface area contributed by atoms with Crippen LogP contribution in [0, 0.1) is 0 Å². The number of carboxylic acid groups (broad SMARTS) is 1. The first-order valence-corrected chi connectivity index (χ1v) is 24.7. The van der Waals surface area contributed by atoms with Crippen LogP contribution in [-0.4, -0.2) is 75.5 Å². The Kier molecular flexibility index (Phi) is 40.4. The van der Waals surface area contributed by atoms with Gasteiger partial charge in [-0.1, -0.05) is 193 Å². The molecule has 0 N–H and O–H groups in total. The van der Waals surface area contributed by atoms with Gasteiger partial charge in [-0.15, -0.1) is 0 Å². The van der Waals surface area contributed by atoms with Crippen LogP contribution in [0.15, 0.2) is 12.2 Å². The van der Waals surface area contributed by atoms with Gasteiger partial charge >= 0.3 is 11.9 Å². The van der Waals surface area contributed by atoms with E-state index < -0.39 is 18.1 Å². The fraction of sp³-hybridized carbons (Fsp3) is 0.900. The number of likely N-dealkylation sites (N-methyl/N-ethyl adjacent to an activating group) is 1. The van der Waals surface area contributed by atoms with Crippen molar-refractivity contribution in [1.29, 1.82) is 0 Å². The Morgan fingerprint density at radius 3 is 1.28 bits per heavy atom. The molecule has 0 aliphatic carbocycles. The average molecular weight is 822 g/mol. The molecule has 8 heteroatoms. The van der Waals surface area contributed by atoms with E-state index in [1.165, 1.54) is 154 Å². The van der Waals surface area contributed by atoms with Crippen molar-refractivity contribution in [1.82, 2.24) is 0 Å². The molecule has 0 aromatic carbocycles. The molecule has 0 bridgehead atoms. The van der Waals surface area contributed by atoms with Gasteiger partial charge in [-0.3, -0.25) is 9.59 Å². The maximum Gasteiger partial charge on any atom is 0.306 e. The summed E-state index contributed by atoms with van der Waals surface area (Å²) in [7, 11) is 5.42. The molecule has 0 radical (unpaired) electrons. The molecular weight excluding hydrogens is 727 g/mol. The van der Waals surface area contributed by atoms with Crippen molar-refractivity contribution in [3.05, 3.63) is 12.2 Å². The van der Waals surface area contributed by atoms with Crippen molar-refractivity contribution in [2.24, 2.45) is 0 Å². The van der Waals surface area contributed by atoms with Gasteiger partial charge in [-0.05, 0) is 38.5 Å². The summed E-state index contributed by atoms with van der Waals surface area (Å²) in [6.07, 6.45) is 45.3. The van der Waals surface area contributed by atoms with Crippen LogP contribution in [0.25, 0.3) is 0 Å². The fourth-order valence-electron chi connectivity index (χ4n) is 7.54. The monoisotopic (exact) mass is 822 g/mol.